The van der Waals surface area contributed by atoms with Gasteiger partial charge in [0.2, 0.25) is 0 Å². The van der Waals surface area contributed by atoms with Crippen molar-refractivity contribution in [1.82, 2.24) is 5.32 Å². The lowest BCUT2D eigenvalue weighted by Crippen LogP contribution is -2.30. The van der Waals surface area contributed by atoms with Gasteiger partial charge in [-0.15, -0.1) is 0 Å². The molecule has 1 fully saturated rings. The Balaban J connectivity index is 1.91. The zero-order valence-electron chi connectivity index (χ0n) is 10.0. The van der Waals surface area contributed by atoms with E-state index in [1.165, 1.54) is 12.1 Å². The molecule has 6 heteroatoms. The van der Waals surface area contributed by atoms with Crippen molar-refractivity contribution in [3.63, 3.8) is 0 Å². The maximum absolute atomic E-state index is 12.4. The Hall–Kier alpha value is -1.04. The maximum Gasteiger partial charge on any atom is 0.416 e. The van der Waals surface area contributed by atoms with E-state index in [0.29, 0.717) is 12.5 Å². The van der Waals surface area contributed by atoms with E-state index in [4.69, 9.17) is 0 Å². The number of halogens is 4. The van der Waals surface area contributed by atoms with Crippen LogP contribution in [0.4, 0.5) is 13.2 Å². The number of nitrogens with one attached hydrogen (secondary N) is 1. The van der Waals surface area contributed by atoms with Crippen LogP contribution in [0.15, 0.2) is 24.3 Å². The van der Waals surface area contributed by atoms with E-state index in [1.54, 1.807) is 0 Å². The van der Waals surface area contributed by atoms with Gasteiger partial charge in [0, 0.05) is 16.9 Å². The third kappa shape index (κ3) is 3.96. The Bertz CT molecular complexity index is 454. The molecule has 1 aliphatic rings. The maximum atomic E-state index is 12.4. The van der Waals surface area contributed by atoms with Crippen LogP contribution in [0.2, 0.25) is 0 Å². The van der Waals surface area contributed by atoms with Gasteiger partial charge in [0.25, 0.3) is 5.91 Å². The summed E-state index contributed by atoms with van der Waals surface area (Å²) in [5, 5.41) is 2.71. The number of carbonyl (C=O) groups is 1. The fourth-order valence-electron chi connectivity index (χ4n) is 1.73. The van der Waals surface area contributed by atoms with Crippen LogP contribution >= 0.6 is 15.9 Å². The number of alkyl halides is 4. The highest BCUT2D eigenvalue weighted by molar-refractivity contribution is 9.09. The molecule has 0 saturated heterocycles. The van der Waals surface area contributed by atoms with E-state index in [0.717, 1.165) is 25.0 Å². The second-order valence-electron chi connectivity index (χ2n) is 4.64. The van der Waals surface area contributed by atoms with Crippen LogP contribution in [0.1, 0.15) is 28.8 Å². The molecule has 0 aliphatic heterocycles. The average Bonchev–Trinajstić information content (AvgIpc) is 3.19. The van der Waals surface area contributed by atoms with E-state index in [9.17, 15) is 18.0 Å². The number of rotatable bonds is 4. The first-order valence-corrected chi connectivity index (χ1v) is 6.89. The van der Waals surface area contributed by atoms with Crippen molar-refractivity contribution < 1.29 is 18.0 Å². The summed E-state index contributed by atoms with van der Waals surface area (Å²) in [6, 6.07) is 4.22. The van der Waals surface area contributed by atoms with Gasteiger partial charge in [-0.2, -0.15) is 13.2 Å². The lowest BCUT2D eigenvalue weighted by molar-refractivity contribution is -0.137. The summed E-state index contributed by atoms with van der Waals surface area (Å²) in [4.78, 5) is 12.0. The number of amides is 1. The van der Waals surface area contributed by atoms with Crippen LogP contribution < -0.4 is 5.32 Å². The number of hydrogen-bond acceptors (Lipinski definition) is 1. The fourth-order valence-corrected chi connectivity index (χ4v) is 2.42. The van der Waals surface area contributed by atoms with Gasteiger partial charge in [0.15, 0.2) is 0 Å². The molecule has 1 aromatic carbocycles. The highest BCUT2D eigenvalue weighted by Crippen LogP contribution is 2.36. The Kier molecular flexibility index (Phi) is 4.18. The second kappa shape index (κ2) is 5.53. The van der Waals surface area contributed by atoms with Crippen LogP contribution in [0.3, 0.4) is 0 Å². The Morgan fingerprint density at radius 1 is 1.32 bits per heavy atom. The third-order valence-corrected chi connectivity index (χ3v) is 4.14. The summed E-state index contributed by atoms with van der Waals surface area (Å²) < 4.78 is 37.1. The molecule has 0 spiro atoms. The zero-order chi connectivity index (χ0) is 14.0. The van der Waals surface area contributed by atoms with Gasteiger partial charge in [-0.1, -0.05) is 15.9 Å². The van der Waals surface area contributed by atoms with Crippen LogP contribution in [0.25, 0.3) is 0 Å². The standard InChI is InChI=1S/C13H13BrF3NO/c14-11(8-1-2-8)7-18-12(19)9-3-5-10(6-4-9)13(15,16)17/h3-6,8,11H,1-2,7H2,(H,18,19). The quantitative estimate of drug-likeness (QED) is 0.837. The zero-order valence-corrected chi connectivity index (χ0v) is 11.6. The van der Waals surface area contributed by atoms with Crippen molar-refractivity contribution in [2.75, 3.05) is 6.54 Å². The smallest absolute Gasteiger partial charge is 0.351 e. The lowest BCUT2D eigenvalue weighted by atomic mass is 10.1. The topological polar surface area (TPSA) is 29.1 Å². The molecule has 1 atom stereocenters. The van der Waals surface area contributed by atoms with Crippen LogP contribution in [0, 0.1) is 5.92 Å². The van der Waals surface area contributed by atoms with Gasteiger partial charge in [-0.3, -0.25) is 4.79 Å². The van der Waals surface area contributed by atoms with Gasteiger partial charge in [-0.05, 0) is 43.0 Å². The molecule has 2 nitrogen and oxygen atoms in total. The number of hydrogen-bond donors (Lipinski definition) is 1. The summed E-state index contributed by atoms with van der Waals surface area (Å²) in [6.45, 7) is 0.491. The molecule has 1 unspecified atom stereocenters. The minimum Gasteiger partial charge on any atom is -0.351 e. The summed E-state index contributed by atoms with van der Waals surface area (Å²) in [5.74, 6) is 0.256. The van der Waals surface area contributed by atoms with E-state index < -0.39 is 11.7 Å². The molecule has 104 valence electrons. The predicted octanol–water partition coefficient (Wildman–Crippen LogP) is 3.61. The van der Waals surface area contributed by atoms with E-state index in [1.807, 2.05) is 0 Å². The van der Waals surface area contributed by atoms with E-state index in [-0.39, 0.29) is 16.3 Å². The van der Waals surface area contributed by atoms with Gasteiger partial charge >= 0.3 is 6.18 Å². The molecular weight excluding hydrogens is 323 g/mol. The molecule has 1 aromatic rings. The lowest BCUT2D eigenvalue weighted by Gasteiger charge is -2.11. The Morgan fingerprint density at radius 3 is 2.37 bits per heavy atom. The van der Waals surface area contributed by atoms with Crippen molar-refractivity contribution in [2.24, 2.45) is 5.92 Å². The molecule has 19 heavy (non-hydrogen) atoms. The molecule has 1 amide bonds. The fraction of sp³-hybridized carbons (Fsp3) is 0.462. The first-order valence-electron chi connectivity index (χ1n) is 5.97. The minimum absolute atomic E-state index is 0.239. The monoisotopic (exact) mass is 335 g/mol. The van der Waals surface area contributed by atoms with Crippen LogP contribution in [-0.2, 0) is 6.18 Å². The SMILES string of the molecule is O=C(NCC(Br)C1CC1)c1ccc(C(F)(F)F)cc1. The molecule has 0 radical (unpaired) electrons. The highest BCUT2D eigenvalue weighted by atomic mass is 79.9. The number of carbonyl (C=O) groups excluding carboxylic acids is 1. The summed E-state index contributed by atoms with van der Waals surface area (Å²) in [7, 11) is 0. The largest absolute Gasteiger partial charge is 0.416 e. The van der Waals surface area contributed by atoms with Gasteiger partial charge in [0.1, 0.15) is 0 Å². The van der Waals surface area contributed by atoms with Crippen LogP contribution in [0.5, 0.6) is 0 Å². The summed E-state index contributed by atoms with van der Waals surface area (Å²) >= 11 is 3.48. The summed E-state index contributed by atoms with van der Waals surface area (Å²) in [6.07, 6.45) is -2.06. The molecular formula is C13H13BrF3NO. The first kappa shape index (κ1) is 14.4. The Morgan fingerprint density at radius 2 is 1.89 bits per heavy atom. The van der Waals surface area contributed by atoms with Crippen LogP contribution in [-0.4, -0.2) is 17.3 Å². The molecule has 0 bridgehead atoms. The van der Waals surface area contributed by atoms with Crippen molar-refractivity contribution in [1.29, 1.82) is 0 Å². The average molecular weight is 336 g/mol. The predicted molar refractivity (Wildman–Crippen MR) is 69.2 cm³/mol. The Labute approximate surface area is 117 Å². The molecule has 1 saturated carbocycles. The normalized spacial score (nSPS) is 17.1. The summed E-state index contributed by atoms with van der Waals surface area (Å²) in [5.41, 5.74) is -0.510. The first-order chi connectivity index (χ1) is 8.88. The van der Waals surface area contributed by atoms with Crippen molar-refractivity contribution in [3.8, 4) is 0 Å². The second-order valence-corrected chi connectivity index (χ2v) is 5.81. The van der Waals surface area contributed by atoms with Gasteiger partial charge in [0.05, 0.1) is 5.56 Å². The van der Waals surface area contributed by atoms with Crippen molar-refractivity contribution in [2.45, 2.75) is 23.8 Å². The van der Waals surface area contributed by atoms with Crippen molar-refractivity contribution in [3.05, 3.63) is 35.4 Å². The van der Waals surface area contributed by atoms with E-state index in [2.05, 4.69) is 21.2 Å². The van der Waals surface area contributed by atoms with Gasteiger partial charge in [-0.25, -0.2) is 0 Å². The highest BCUT2D eigenvalue weighted by Gasteiger charge is 2.31. The molecule has 0 aromatic heterocycles. The minimum atomic E-state index is -4.37. The molecule has 0 heterocycles. The molecule has 1 N–H and O–H groups in total. The van der Waals surface area contributed by atoms with Crippen molar-refractivity contribution >= 4 is 21.8 Å². The third-order valence-electron chi connectivity index (χ3n) is 3.07. The number of benzene rings is 1. The van der Waals surface area contributed by atoms with E-state index >= 15 is 0 Å². The van der Waals surface area contributed by atoms with Gasteiger partial charge < -0.3 is 5.32 Å². The molecule has 1 aliphatic carbocycles. The molecule has 2 rings (SSSR count).